The number of hydrogen-bond donors (Lipinski definition) is 0. The minimum atomic E-state index is -0.229. The Labute approximate surface area is 104 Å². The molecule has 1 aliphatic heterocycles. The average Bonchev–Trinajstić information content (AvgIpc) is 2.73. The van der Waals surface area contributed by atoms with Gasteiger partial charge in [-0.3, -0.25) is 0 Å². The van der Waals surface area contributed by atoms with Crippen molar-refractivity contribution in [2.75, 3.05) is 0 Å². The van der Waals surface area contributed by atoms with Crippen molar-refractivity contribution in [3.63, 3.8) is 0 Å². The van der Waals surface area contributed by atoms with E-state index in [0.717, 1.165) is 16.5 Å². The molecule has 0 aliphatic carbocycles. The van der Waals surface area contributed by atoms with Crippen LogP contribution in [0.5, 0.6) is 0 Å². The lowest BCUT2D eigenvalue weighted by Crippen LogP contribution is -2.41. The lowest BCUT2D eigenvalue weighted by molar-refractivity contribution is 0.337. The zero-order chi connectivity index (χ0) is 11.8. The lowest BCUT2D eigenvalue weighted by atomic mass is 9.56. The molecule has 17 heavy (non-hydrogen) atoms. The normalized spacial score (nSPS) is 13.9. The molecule has 0 N–H and O–H groups in total. The van der Waals surface area contributed by atoms with Crippen LogP contribution in [-0.4, -0.2) is 6.92 Å². The Hall–Kier alpha value is -1.32. The predicted octanol–water partition coefficient (Wildman–Crippen LogP) is 2.12. The fourth-order valence-corrected chi connectivity index (χ4v) is 2.24. The van der Waals surface area contributed by atoms with Crippen LogP contribution in [0.15, 0.2) is 42.5 Å². The van der Waals surface area contributed by atoms with E-state index in [0.29, 0.717) is 11.6 Å². The zero-order valence-corrected chi connectivity index (χ0v) is 9.75. The van der Waals surface area contributed by atoms with Gasteiger partial charge < -0.3 is 4.65 Å². The summed E-state index contributed by atoms with van der Waals surface area (Å²) in [6, 6.07) is 12.2. The molecule has 0 unspecified atom stereocenters. The Balaban J connectivity index is 2.03. The van der Waals surface area contributed by atoms with Gasteiger partial charge in [0.15, 0.2) is 0 Å². The van der Waals surface area contributed by atoms with Gasteiger partial charge >= 0.3 is 6.92 Å². The molecule has 3 rings (SSSR count). The van der Waals surface area contributed by atoms with Crippen molar-refractivity contribution in [1.29, 1.82) is 0 Å². The first-order chi connectivity index (χ1) is 8.24. The summed E-state index contributed by atoms with van der Waals surface area (Å²) >= 11 is 5.84. The fraction of sp³-hybridized carbons (Fsp3) is 0.0769. The molecule has 4 heteroatoms. The largest absolute Gasteiger partial charge is 0.423 e. The molecule has 0 saturated heterocycles. The molecule has 0 saturated carbocycles. The molecule has 0 bridgehead atoms. The molecule has 0 spiro atoms. The third-order valence-corrected chi connectivity index (χ3v) is 3.22. The average molecular weight is 246 g/mol. The highest BCUT2D eigenvalue weighted by molar-refractivity contribution is 6.81. The Morgan fingerprint density at radius 2 is 1.88 bits per heavy atom. The Bertz CT molecular complexity index is 556. The topological polar surface area (TPSA) is 9.23 Å². The van der Waals surface area contributed by atoms with Gasteiger partial charge in [0.25, 0.3) is 0 Å². The SMILES string of the molecule is Fc1ccc2c(c1)B(c1ccc(Cl)cc1)OC2. The minimum absolute atomic E-state index is 0.182. The van der Waals surface area contributed by atoms with Crippen LogP contribution >= 0.6 is 11.6 Å². The summed E-state index contributed by atoms with van der Waals surface area (Å²) in [6.07, 6.45) is 0. The van der Waals surface area contributed by atoms with E-state index in [-0.39, 0.29) is 12.7 Å². The summed E-state index contributed by atoms with van der Waals surface area (Å²) < 4.78 is 18.9. The van der Waals surface area contributed by atoms with Crippen molar-refractivity contribution in [3.8, 4) is 0 Å². The monoisotopic (exact) mass is 246 g/mol. The van der Waals surface area contributed by atoms with Crippen LogP contribution in [0.4, 0.5) is 4.39 Å². The first-order valence-electron chi connectivity index (χ1n) is 5.39. The maximum absolute atomic E-state index is 13.2. The molecule has 0 radical (unpaired) electrons. The van der Waals surface area contributed by atoms with Crippen LogP contribution in [0.25, 0.3) is 0 Å². The molecule has 1 aliphatic rings. The van der Waals surface area contributed by atoms with Crippen LogP contribution < -0.4 is 10.9 Å². The van der Waals surface area contributed by atoms with Crippen LogP contribution in [0, 0.1) is 5.82 Å². The number of rotatable bonds is 1. The highest BCUT2D eigenvalue weighted by Crippen LogP contribution is 2.13. The molecule has 2 aromatic rings. The van der Waals surface area contributed by atoms with Gasteiger partial charge in [-0.2, -0.15) is 0 Å². The lowest BCUT2D eigenvalue weighted by Gasteiger charge is -2.07. The molecule has 0 amide bonds. The van der Waals surface area contributed by atoms with Crippen molar-refractivity contribution >= 4 is 29.4 Å². The van der Waals surface area contributed by atoms with Crippen molar-refractivity contribution in [3.05, 3.63) is 58.9 Å². The molecule has 0 fully saturated rings. The highest BCUT2D eigenvalue weighted by Gasteiger charge is 2.30. The standard InChI is InChI=1S/C13H9BClFO/c15-11-4-2-10(3-5-11)14-13-7-12(16)6-1-9(13)8-17-14/h1-7H,8H2. The van der Waals surface area contributed by atoms with E-state index in [4.69, 9.17) is 16.3 Å². The van der Waals surface area contributed by atoms with E-state index in [1.54, 1.807) is 12.1 Å². The van der Waals surface area contributed by atoms with Crippen LogP contribution in [0.2, 0.25) is 5.02 Å². The second-order valence-corrected chi connectivity index (χ2v) is 4.52. The van der Waals surface area contributed by atoms with Crippen molar-refractivity contribution in [2.45, 2.75) is 6.61 Å². The molecule has 84 valence electrons. The molecule has 0 aromatic heterocycles. The molecular formula is C13H9BClFO. The van der Waals surface area contributed by atoms with Gasteiger partial charge in [0.1, 0.15) is 5.82 Å². The summed E-state index contributed by atoms with van der Waals surface area (Å²) in [6.45, 7) is 0.348. The quantitative estimate of drug-likeness (QED) is 0.700. The van der Waals surface area contributed by atoms with Crippen molar-refractivity contribution in [2.24, 2.45) is 0 Å². The van der Waals surface area contributed by atoms with Crippen molar-refractivity contribution in [1.82, 2.24) is 0 Å². The Kier molecular flexibility index (Phi) is 2.65. The van der Waals surface area contributed by atoms with Crippen molar-refractivity contribution < 1.29 is 9.04 Å². The van der Waals surface area contributed by atoms with Gasteiger partial charge in [-0.1, -0.05) is 29.8 Å². The van der Waals surface area contributed by atoms with E-state index in [9.17, 15) is 4.39 Å². The summed E-state index contributed by atoms with van der Waals surface area (Å²) in [4.78, 5) is 0. The third-order valence-electron chi connectivity index (χ3n) is 2.97. The first kappa shape index (κ1) is 10.8. The Morgan fingerprint density at radius 3 is 2.65 bits per heavy atom. The first-order valence-corrected chi connectivity index (χ1v) is 5.77. The van der Waals surface area contributed by atoms with E-state index in [2.05, 4.69) is 0 Å². The molecule has 0 atom stereocenters. The van der Waals surface area contributed by atoms with Gasteiger partial charge in [0, 0.05) is 5.02 Å². The molecular weight excluding hydrogens is 237 g/mol. The van der Waals surface area contributed by atoms with E-state index in [1.807, 2.05) is 24.3 Å². The Morgan fingerprint density at radius 1 is 1.12 bits per heavy atom. The van der Waals surface area contributed by atoms with Crippen LogP contribution in [0.3, 0.4) is 0 Å². The van der Waals surface area contributed by atoms with Gasteiger partial charge in [-0.25, -0.2) is 4.39 Å². The van der Waals surface area contributed by atoms with Crippen LogP contribution in [-0.2, 0) is 11.3 Å². The maximum atomic E-state index is 13.2. The van der Waals surface area contributed by atoms with Gasteiger partial charge in [-0.05, 0) is 40.8 Å². The molecule has 1 nitrogen and oxygen atoms in total. The van der Waals surface area contributed by atoms with Gasteiger partial charge in [0.2, 0.25) is 0 Å². The second-order valence-electron chi connectivity index (χ2n) is 4.09. The zero-order valence-electron chi connectivity index (χ0n) is 8.99. The number of fused-ring (bicyclic) bond motifs is 1. The molecule has 1 heterocycles. The minimum Gasteiger partial charge on any atom is -0.423 e. The van der Waals surface area contributed by atoms with E-state index >= 15 is 0 Å². The number of hydrogen-bond acceptors (Lipinski definition) is 1. The molecule has 2 aromatic carbocycles. The van der Waals surface area contributed by atoms with Crippen LogP contribution in [0.1, 0.15) is 5.56 Å². The third kappa shape index (κ3) is 1.96. The highest BCUT2D eigenvalue weighted by atomic mass is 35.5. The van der Waals surface area contributed by atoms with Gasteiger partial charge in [-0.15, -0.1) is 0 Å². The second kappa shape index (κ2) is 4.17. The van der Waals surface area contributed by atoms with E-state index in [1.165, 1.54) is 6.07 Å². The fourth-order valence-electron chi connectivity index (χ4n) is 2.12. The maximum Gasteiger partial charge on any atom is 0.362 e. The summed E-state index contributed by atoms with van der Waals surface area (Å²) in [5, 5.41) is 0.686. The predicted molar refractivity (Wildman–Crippen MR) is 67.7 cm³/mol. The summed E-state index contributed by atoms with van der Waals surface area (Å²) in [5.41, 5.74) is 2.96. The number of halogens is 2. The van der Waals surface area contributed by atoms with E-state index < -0.39 is 0 Å². The van der Waals surface area contributed by atoms with Gasteiger partial charge in [0.05, 0.1) is 6.61 Å². The summed E-state index contributed by atoms with van der Waals surface area (Å²) in [5.74, 6) is -0.229. The summed E-state index contributed by atoms with van der Waals surface area (Å²) in [7, 11) is 0. The number of benzene rings is 2. The smallest absolute Gasteiger partial charge is 0.362 e.